The van der Waals surface area contributed by atoms with Crippen LogP contribution in [0.15, 0.2) is 24.3 Å². The van der Waals surface area contributed by atoms with E-state index in [1.165, 1.54) is 6.42 Å². The largest absolute Gasteiger partial charge is 0.317 e. The summed E-state index contributed by atoms with van der Waals surface area (Å²) in [7, 11) is 0. The molecule has 1 N–H and O–H groups in total. The third kappa shape index (κ3) is 2.58. The van der Waals surface area contributed by atoms with Gasteiger partial charge in [-0.25, -0.2) is 4.68 Å². The normalized spacial score (nSPS) is 11.1. The average molecular weight is 218 g/mol. The van der Waals surface area contributed by atoms with E-state index in [-0.39, 0.29) is 0 Å². The summed E-state index contributed by atoms with van der Waals surface area (Å²) >= 11 is 0. The Morgan fingerprint density at radius 1 is 1.25 bits per heavy atom. The maximum Gasteiger partial charge on any atom is 0.113 e. The predicted molar refractivity (Wildman–Crippen MR) is 65.3 cm³/mol. The van der Waals surface area contributed by atoms with E-state index in [4.69, 9.17) is 0 Å². The average Bonchev–Trinajstić information content (AvgIpc) is 2.73. The summed E-state index contributed by atoms with van der Waals surface area (Å²) in [5.41, 5.74) is 2.11. The van der Waals surface area contributed by atoms with E-state index in [0.717, 1.165) is 37.1 Å². The maximum atomic E-state index is 4.16. The molecule has 0 aliphatic heterocycles. The summed E-state index contributed by atoms with van der Waals surface area (Å²) in [4.78, 5) is 0. The van der Waals surface area contributed by atoms with Gasteiger partial charge in [0.05, 0.1) is 5.52 Å². The summed E-state index contributed by atoms with van der Waals surface area (Å²) in [6, 6.07) is 8.09. The van der Waals surface area contributed by atoms with E-state index in [1.807, 2.05) is 22.9 Å². The molecule has 2 aromatic rings. The molecule has 1 aromatic heterocycles. The molecule has 4 heteroatoms. The molecule has 1 aromatic carbocycles. The lowest BCUT2D eigenvalue weighted by Crippen LogP contribution is -2.14. The van der Waals surface area contributed by atoms with Crippen LogP contribution < -0.4 is 5.32 Å². The molecule has 0 amide bonds. The smallest absolute Gasteiger partial charge is 0.113 e. The van der Waals surface area contributed by atoms with Gasteiger partial charge in [0, 0.05) is 6.54 Å². The van der Waals surface area contributed by atoms with E-state index >= 15 is 0 Å². The van der Waals surface area contributed by atoms with Gasteiger partial charge in [-0.2, -0.15) is 0 Å². The quantitative estimate of drug-likeness (QED) is 0.752. The molecule has 0 bridgehead atoms. The van der Waals surface area contributed by atoms with Gasteiger partial charge < -0.3 is 5.32 Å². The summed E-state index contributed by atoms with van der Waals surface area (Å²) in [6.07, 6.45) is 2.32. The van der Waals surface area contributed by atoms with Crippen molar-refractivity contribution in [3.8, 4) is 0 Å². The molecule has 0 saturated heterocycles. The van der Waals surface area contributed by atoms with Crippen molar-refractivity contribution in [3.63, 3.8) is 0 Å². The molecular formula is C12H18N4. The third-order valence-electron chi connectivity index (χ3n) is 2.64. The number of fused-ring (bicyclic) bond motifs is 1. The van der Waals surface area contributed by atoms with Gasteiger partial charge in [-0.1, -0.05) is 24.3 Å². The summed E-state index contributed by atoms with van der Waals surface area (Å²) < 4.78 is 1.99. The number of hydrogen-bond acceptors (Lipinski definition) is 3. The Morgan fingerprint density at radius 3 is 3.00 bits per heavy atom. The standard InChI is InChI=1S/C12H18N4/c1-2-13-9-5-6-10-16-12-8-4-3-7-11(12)14-15-16/h3-4,7-8,13H,2,5-6,9-10H2,1H3. The van der Waals surface area contributed by atoms with Gasteiger partial charge >= 0.3 is 0 Å². The van der Waals surface area contributed by atoms with Crippen molar-refractivity contribution in [1.82, 2.24) is 20.3 Å². The lowest BCUT2D eigenvalue weighted by Gasteiger charge is -2.02. The SMILES string of the molecule is CCNCCCCn1nnc2ccccc21. The molecule has 4 nitrogen and oxygen atoms in total. The van der Waals surface area contributed by atoms with Gasteiger partial charge in [0.2, 0.25) is 0 Å². The van der Waals surface area contributed by atoms with E-state index in [0.29, 0.717) is 0 Å². The van der Waals surface area contributed by atoms with Gasteiger partial charge in [0.15, 0.2) is 0 Å². The van der Waals surface area contributed by atoms with Crippen molar-refractivity contribution < 1.29 is 0 Å². The second-order valence-electron chi connectivity index (χ2n) is 3.86. The number of nitrogens with one attached hydrogen (secondary N) is 1. The zero-order valence-corrected chi connectivity index (χ0v) is 9.69. The van der Waals surface area contributed by atoms with E-state index in [1.54, 1.807) is 0 Å². The molecule has 2 rings (SSSR count). The minimum Gasteiger partial charge on any atom is -0.317 e. The zero-order valence-electron chi connectivity index (χ0n) is 9.69. The Kier molecular flexibility index (Phi) is 3.88. The highest BCUT2D eigenvalue weighted by molar-refractivity contribution is 5.73. The molecular weight excluding hydrogens is 200 g/mol. The number of nitrogens with zero attached hydrogens (tertiary/aromatic N) is 3. The highest BCUT2D eigenvalue weighted by Gasteiger charge is 2.01. The fourth-order valence-corrected chi connectivity index (χ4v) is 1.77. The Hall–Kier alpha value is -1.42. The highest BCUT2D eigenvalue weighted by Crippen LogP contribution is 2.10. The number of para-hydroxylation sites is 1. The monoisotopic (exact) mass is 218 g/mol. The van der Waals surface area contributed by atoms with Crippen LogP contribution in [-0.2, 0) is 6.54 Å². The molecule has 1 heterocycles. The second-order valence-corrected chi connectivity index (χ2v) is 3.86. The molecule has 0 atom stereocenters. The van der Waals surface area contributed by atoms with E-state index in [9.17, 15) is 0 Å². The van der Waals surface area contributed by atoms with Crippen molar-refractivity contribution in [2.24, 2.45) is 0 Å². The Bertz CT molecular complexity index is 435. The van der Waals surface area contributed by atoms with Crippen LogP contribution in [0.5, 0.6) is 0 Å². The van der Waals surface area contributed by atoms with Crippen molar-refractivity contribution >= 4 is 11.0 Å². The summed E-state index contributed by atoms with van der Waals surface area (Å²) in [5, 5.41) is 11.6. The fourth-order valence-electron chi connectivity index (χ4n) is 1.77. The number of rotatable bonds is 6. The molecule has 0 saturated carbocycles. The third-order valence-corrected chi connectivity index (χ3v) is 2.64. The van der Waals surface area contributed by atoms with Crippen molar-refractivity contribution in [1.29, 1.82) is 0 Å². The summed E-state index contributed by atoms with van der Waals surface area (Å²) in [5.74, 6) is 0. The van der Waals surface area contributed by atoms with Crippen LogP contribution in [0.3, 0.4) is 0 Å². The van der Waals surface area contributed by atoms with Crippen LogP contribution in [-0.4, -0.2) is 28.1 Å². The molecule has 0 aliphatic carbocycles. The topological polar surface area (TPSA) is 42.7 Å². The lowest BCUT2D eigenvalue weighted by atomic mass is 10.3. The molecule has 86 valence electrons. The predicted octanol–water partition coefficient (Wildman–Crippen LogP) is 1.82. The molecule has 16 heavy (non-hydrogen) atoms. The molecule has 0 radical (unpaired) electrons. The van der Waals surface area contributed by atoms with Crippen LogP contribution in [0.4, 0.5) is 0 Å². The number of benzene rings is 1. The van der Waals surface area contributed by atoms with Crippen LogP contribution in [0.25, 0.3) is 11.0 Å². The molecule has 0 fully saturated rings. The van der Waals surface area contributed by atoms with Crippen LogP contribution in [0, 0.1) is 0 Å². The Morgan fingerprint density at radius 2 is 2.12 bits per heavy atom. The Balaban J connectivity index is 1.89. The van der Waals surface area contributed by atoms with E-state index < -0.39 is 0 Å². The zero-order chi connectivity index (χ0) is 11.2. The first kappa shape index (κ1) is 11.1. The molecule has 0 unspecified atom stereocenters. The maximum absolute atomic E-state index is 4.16. The van der Waals surface area contributed by atoms with Gasteiger partial charge in [0.25, 0.3) is 0 Å². The van der Waals surface area contributed by atoms with E-state index in [2.05, 4.69) is 28.6 Å². The fraction of sp³-hybridized carbons (Fsp3) is 0.500. The first-order valence-corrected chi connectivity index (χ1v) is 5.91. The highest BCUT2D eigenvalue weighted by atomic mass is 15.4. The first-order chi connectivity index (χ1) is 7.92. The first-order valence-electron chi connectivity index (χ1n) is 5.91. The van der Waals surface area contributed by atoms with Gasteiger partial charge in [-0.3, -0.25) is 0 Å². The lowest BCUT2D eigenvalue weighted by molar-refractivity contribution is 0.538. The van der Waals surface area contributed by atoms with Crippen LogP contribution >= 0.6 is 0 Å². The number of hydrogen-bond donors (Lipinski definition) is 1. The number of aryl methyl sites for hydroxylation is 1. The molecule has 0 aliphatic rings. The van der Waals surface area contributed by atoms with Crippen molar-refractivity contribution in [2.75, 3.05) is 13.1 Å². The van der Waals surface area contributed by atoms with Gasteiger partial charge in [0.1, 0.15) is 5.52 Å². The molecule has 0 spiro atoms. The summed E-state index contributed by atoms with van der Waals surface area (Å²) in [6.45, 7) is 5.21. The number of aromatic nitrogens is 3. The van der Waals surface area contributed by atoms with Crippen molar-refractivity contribution in [3.05, 3.63) is 24.3 Å². The minimum absolute atomic E-state index is 0.950. The second kappa shape index (κ2) is 5.61. The van der Waals surface area contributed by atoms with Gasteiger partial charge in [-0.15, -0.1) is 5.10 Å². The van der Waals surface area contributed by atoms with Crippen LogP contribution in [0.1, 0.15) is 19.8 Å². The van der Waals surface area contributed by atoms with Crippen LogP contribution in [0.2, 0.25) is 0 Å². The van der Waals surface area contributed by atoms with Gasteiger partial charge in [-0.05, 0) is 38.1 Å². The number of unbranched alkanes of at least 4 members (excludes halogenated alkanes) is 1. The van der Waals surface area contributed by atoms with Crippen molar-refractivity contribution in [2.45, 2.75) is 26.3 Å². The minimum atomic E-state index is 0.950. The Labute approximate surface area is 95.6 Å².